The van der Waals surface area contributed by atoms with Crippen molar-refractivity contribution in [1.29, 1.82) is 0 Å². The van der Waals surface area contributed by atoms with Crippen LogP contribution in [0.2, 0.25) is 0 Å². The second-order valence-electron chi connectivity index (χ2n) is 4.91. The van der Waals surface area contributed by atoms with E-state index >= 15 is 0 Å². The monoisotopic (exact) mass is 208 g/mol. The van der Waals surface area contributed by atoms with Crippen molar-refractivity contribution in [3.05, 3.63) is 0 Å². The maximum absolute atomic E-state index is 12.1. The molecule has 1 N–H and O–H groups in total. The maximum atomic E-state index is 12.1. The Bertz CT molecular complexity index is 335. The summed E-state index contributed by atoms with van der Waals surface area (Å²) in [7, 11) is 0. The molecule has 3 rings (SSSR count). The minimum Gasteiger partial charge on any atom is -0.378 e. The van der Waals surface area contributed by atoms with E-state index in [2.05, 4.69) is 10.5 Å². The standard InChI is InChI=1S/C11H16N2O2/c1-7-9-3-2-6-11(9,15-13-7)10(14)12-8-4-5-8/h8-9H,2-6H2,1H3,(H,12,14). The third-order valence-electron chi connectivity index (χ3n) is 3.76. The van der Waals surface area contributed by atoms with Gasteiger partial charge in [0.1, 0.15) is 0 Å². The summed E-state index contributed by atoms with van der Waals surface area (Å²) >= 11 is 0. The SMILES string of the molecule is CC1=NOC2(C(=O)NC3CC3)CCCC12. The summed E-state index contributed by atoms with van der Waals surface area (Å²) < 4.78 is 0. The molecule has 3 aliphatic rings. The predicted molar refractivity (Wildman–Crippen MR) is 55.4 cm³/mol. The quantitative estimate of drug-likeness (QED) is 0.741. The number of amides is 1. The molecule has 0 aromatic rings. The number of carbonyl (C=O) groups excluding carboxylic acids is 1. The largest absolute Gasteiger partial charge is 0.378 e. The number of oxime groups is 1. The summed E-state index contributed by atoms with van der Waals surface area (Å²) in [5.41, 5.74) is 0.339. The first-order valence-corrected chi connectivity index (χ1v) is 5.76. The molecule has 1 heterocycles. The third-order valence-corrected chi connectivity index (χ3v) is 3.76. The van der Waals surface area contributed by atoms with Gasteiger partial charge in [0.25, 0.3) is 5.91 Å². The van der Waals surface area contributed by atoms with Gasteiger partial charge < -0.3 is 10.2 Å². The van der Waals surface area contributed by atoms with E-state index in [1.807, 2.05) is 6.92 Å². The Morgan fingerprint density at radius 3 is 3.07 bits per heavy atom. The third kappa shape index (κ3) is 1.27. The molecule has 0 spiro atoms. The van der Waals surface area contributed by atoms with E-state index in [0.717, 1.165) is 37.8 Å². The molecule has 1 aliphatic heterocycles. The van der Waals surface area contributed by atoms with Crippen molar-refractivity contribution in [2.45, 2.75) is 50.7 Å². The van der Waals surface area contributed by atoms with Crippen molar-refractivity contribution in [2.24, 2.45) is 11.1 Å². The first kappa shape index (κ1) is 9.19. The predicted octanol–water partition coefficient (Wildman–Crippen LogP) is 1.21. The first-order chi connectivity index (χ1) is 7.22. The van der Waals surface area contributed by atoms with Crippen molar-refractivity contribution < 1.29 is 9.63 Å². The van der Waals surface area contributed by atoms with Crippen molar-refractivity contribution >= 4 is 11.6 Å². The van der Waals surface area contributed by atoms with Crippen molar-refractivity contribution in [1.82, 2.24) is 5.32 Å². The number of fused-ring (bicyclic) bond motifs is 1. The highest BCUT2D eigenvalue weighted by Gasteiger charge is 2.57. The van der Waals surface area contributed by atoms with Gasteiger partial charge in [0.2, 0.25) is 5.60 Å². The van der Waals surface area contributed by atoms with Crippen LogP contribution in [0.3, 0.4) is 0 Å². The first-order valence-electron chi connectivity index (χ1n) is 5.76. The minimum absolute atomic E-state index is 0.0631. The second-order valence-corrected chi connectivity index (χ2v) is 4.91. The van der Waals surface area contributed by atoms with Gasteiger partial charge >= 0.3 is 0 Å². The van der Waals surface area contributed by atoms with E-state index in [0.29, 0.717) is 6.04 Å². The minimum atomic E-state index is -0.646. The van der Waals surface area contributed by atoms with Crippen LogP contribution in [-0.4, -0.2) is 23.3 Å². The molecule has 4 heteroatoms. The Morgan fingerprint density at radius 2 is 2.33 bits per heavy atom. The fourth-order valence-electron chi connectivity index (χ4n) is 2.70. The molecule has 0 bridgehead atoms. The van der Waals surface area contributed by atoms with Crippen molar-refractivity contribution in [3.63, 3.8) is 0 Å². The number of nitrogens with one attached hydrogen (secondary N) is 1. The van der Waals surface area contributed by atoms with Gasteiger partial charge in [-0.1, -0.05) is 5.16 Å². The second kappa shape index (κ2) is 2.97. The Morgan fingerprint density at radius 1 is 1.53 bits per heavy atom. The van der Waals surface area contributed by atoms with Crippen LogP contribution >= 0.6 is 0 Å². The summed E-state index contributed by atoms with van der Waals surface area (Å²) in [5.74, 6) is 0.282. The van der Waals surface area contributed by atoms with Crippen molar-refractivity contribution in [2.75, 3.05) is 0 Å². The number of carbonyl (C=O) groups is 1. The lowest BCUT2D eigenvalue weighted by Gasteiger charge is -2.25. The number of hydrogen-bond donors (Lipinski definition) is 1. The zero-order valence-corrected chi connectivity index (χ0v) is 8.95. The van der Waals surface area contributed by atoms with Gasteiger partial charge in [-0.2, -0.15) is 0 Å². The fourth-order valence-corrected chi connectivity index (χ4v) is 2.70. The van der Waals surface area contributed by atoms with Gasteiger partial charge in [-0.3, -0.25) is 4.79 Å². The molecule has 0 aromatic heterocycles. The summed E-state index contributed by atoms with van der Waals surface area (Å²) in [6.45, 7) is 1.96. The maximum Gasteiger partial charge on any atom is 0.267 e. The summed E-state index contributed by atoms with van der Waals surface area (Å²) in [6, 6.07) is 0.401. The molecule has 1 amide bonds. The molecular formula is C11H16N2O2. The molecule has 0 saturated heterocycles. The topological polar surface area (TPSA) is 50.7 Å². The highest BCUT2D eigenvalue weighted by Crippen LogP contribution is 2.44. The molecule has 82 valence electrons. The summed E-state index contributed by atoms with van der Waals surface area (Å²) in [4.78, 5) is 17.6. The van der Waals surface area contributed by atoms with Gasteiger partial charge in [-0.15, -0.1) is 0 Å². The summed E-state index contributed by atoms with van der Waals surface area (Å²) in [5, 5.41) is 7.04. The molecule has 4 nitrogen and oxygen atoms in total. The number of rotatable bonds is 2. The van der Waals surface area contributed by atoms with Crippen LogP contribution in [0.5, 0.6) is 0 Å². The van der Waals surface area contributed by atoms with E-state index in [-0.39, 0.29) is 11.8 Å². The average Bonchev–Trinajstić information content (AvgIpc) is 2.81. The van der Waals surface area contributed by atoms with E-state index in [1.165, 1.54) is 0 Å². The Balaban J connectivity index is 1.80. The lowest BCUT2D eigenvalue weighted by atomic mass is 9.87. The molecule has 15 heavy (non-hydrogen) atoms. The highest BCUT2D eigenvalue weighted by molar-refractivity contribution is 5.97. The zero-order valence-electron chi connectivity index (χ0n) is 8.95. The molecule has 2 aliphatic carbocycles. The van der Waals surface area contributed by atoms with Crippen LogP contribution in [-0.2, 0) is 9.63 Å². The zero-order chi connectivity index (χ0) is 10.5. The Kier molecular flexibility index (Phi) is 1.82. The smallest absolute Gasteiger partial charge is 0.267 e. The normalized spacial score (nSPS) is 38.2. The molecule has 0 aromatic carbocycles. The van der Waals surface area contributed by atoms with Gasteiger partial charge in [-0.05, 0) is 39.0 Å². The number of nitrogens with zero attached hydrogens (tertiary/aromatic N) is 1. The lowest BCUT2D eigenvalue weighted by molar-refractivity contribution is -0.146. The Hall–Kier alpha value is -1.06. The molecule has 2 atom stereocenters. The highest BCUT2D eigenvalue weighted by atomic mass is 16.7. The summed E-state index contributed by atoms with van der Waals surface area (Å²) in [6.07, 6.45) is 5.15. The van der Waals surface area contributed by atoms with Crippen molar-refractivity contribution in [3.8, 4) is 0 Å². The van der Waals surface area contributed by atoms with E-state index < -0.39 is 5.60 Å². The van der Waals surface area contributed by atoms with Crippen LogP contribution in [0.15, 0.2) is 5.16 Å². The molecule has 0 radical (unpaired) electrons. The Labute approximate surface area is 89.0 Å². The van der Waals surface area contributed by atoms with Crippen LogP contribution in [0.4, 0.5) is 0 Å². The van der Waals surface area contributed by atoms with Crippen LogP contribution < -0.4 is 5.32 Å². The van der Waals surface area contributed by atoms with Crippen LogP contribution in [0.1, 0.15) is 39.0 Å². The van der Waals surface area contributed by atoms with E-state index in [9.17, 15) is 4.79 Å². The number of hydrogen-bond acceptors (Lipinski definition) is 3. The van der Waals surface area contributed by atoms with Gasteiger partial charge in [0, 0.05) is 6.04 Å². The fraction of sp³-hybridized carbons (Fsp3) is 0.818. The van der Waals surface area contributed by atoms with Gasteiger partial charge in [0.05, 0.1) is 11.6 Å². The van der Waals surface area contributed by atoms with E-state index in [4.69, 9.17) is 4.84 Å². The van der Waals surface area contributed by atoms with Gasteiger partial charge in [-0.25, -0.2) is 0 Å². The van der Waals surface area contributed by atoms with Crippen LogP contribution in [0.25, 0.3) is 0 Å². The van der Waals surface area contributed by atoms with Gasteiger partial charge in [0.15, 0.2) is 0 Å². The molecular weight excluding hydrogens is 192 g/mol. The lowest BCUT2D eigenvalue weighted by Crippen LogP contribution is -2.50. The average molecular weight is 208 g/mol. The molecule has 2 unspecified atom stereocenters. The van der Waals surface area contributed by atoms with E-state index in [1.54, 1.807) is 0 Å². The molecule has 2 saturated carbocycles. The molecule has 2 fully saturated rings. The van der Waals surface area contributed by atoms with Crippen LogP contribution in [0, 0.1) is 5.92 Å².